The van der Waals surface area contributed by atoms with Crippen LogP contribution in [0, 0.1) is 6.92 Å². The Balaban J connectivity index is 1.48. The molecule has 0 spiro atoms. The Bertz CT molecular complexity index is 1250. The SMILES string of the molecule is CNc1ncc(C(=O)Nc2cccc([C@H](C)Nc3cnc4cnn(C)c4n3)c2)cc1C. The van der Waals surface area contributed by atoms with Gasteiger partial charge in [0.15, 0.2) is 5.65 Å². The molecule has 1 amide bonds. The molecule has 0 fully saturated rings. The van der Waals surface area contributed by atoms with Crippen LogP contribution in [0.2, 0.25) is 0 Å². The third-order valence-corrected chi connectivity index (χ3v) is 5.03. The van der Waals surface area contributed by atoms with E-state index in [0.29, 0.717) is 22.7 Å². The topological polar surface area (TPSA) is 110 Å². The summed E-state index contributed by atoms with van der Waals surface area (Å²) in [4.78, 5) is 25.9. The number of aromatic nitrogens is 5. The number of aryl methyl sites for hydroxylation is 2. The monoisotopic (exact) mass is 416 g/mol. The molecule has 9 heteroatoms. The number of benzene rings is 1. The summed E-state index contributed by atoms with van der Waals surface area (Å²) < 4.78 is 1.69. The average molecular weight is 416 g/mol. The Morgan fingerprint density at radius 1 is 1.13 bits per heavy atom. The first-order valence-corrected chi connectivity index (χ1v) is 9.91. The molecule has 0 saturated carbocycles. The van der Waals surface area contributed by atoms with Gasteiger partial charge in [0, 0.05) is 26.0 Å². The molecule has 0 aliphatic rings. The smallest absolute Gasteiger partial charge is 0.257 e. The highest BCUT2D eigenvalue weighted by atomic mass is 16.1. The van der Waals surface area contributed by atoms with E-state index in [-0.39, 0.29) is 11.9 Å². The molecular formula is C22H24N8O. The van der Waals surface area contributed by atoms with Crippen molar-refractivity contribution in [3.05, 3.63) is 65.6 Å². The molecule has 3 heterocycles. The molecule has 158 valence electrons. The summed E-state index contributed by atoms with van der Waals surface area (Å²) in [6, 6.07) is 9.47. The maximum absolute atomic E-state index is 12.7. The minimum absolute atomic E-state index is 0.0457. The number of hydrogen-bond acceptors (Lipinski definition) is 7. The van der Waals surface area contributed by atoms with Crippen molar-refractivity contribution in [2.75, 3.05) is 23.0 Å². The molecule has 4 aromatic rings. The Morgan fingerprint density at radius 2 is 1.97 bits per heavy atom. The molecule has 0 saturated heterocycles. The van der Waals surface area contributed by atoms with Gasteiger partial charge in [0.1, 0.15) is 17.2 Å². The zero-order valence-corrected chi connectivity index (χ0v) is 17.8. The number of carbonyl (C=O) groups excluding carboxylic acids is 1. The van der Waals surface area contributed by atoms with Gasteiger partial charge in [-0.05, 0) is 43.2 Å². The zero-order valence-electron chi connectivity index (χ0n) is 17.8. The molecule has 4 rings (SSSR count). The van der Waals surface area contributed by atoms with Crippen molar-refractivity contribution in [1.29, 1.82) is 0 Å². The quantitative estimate of drug-likeness (QED) is 0.441. The lowest BCUT2D eigenvalue weighted by Crippen LogP contribution is -2.14. The van der Waals surface area contributed by atoms with Crippen LogP contribution < -0.4 is 16.0 Å². The molecule has 9 nitrogen and oxygen atoms in total. The first-order valence-electron chi connectivity index (χ1n) is 9.91. The van der Waals surface area contributed by atoms with E-state index in [1.807, 2.05) is 51.2 Å². The minimum Gasteiger partial charge on any atom is -0.373 e. The van der Waals surface area contributed by atoms with Crippen LogP contribution in [-0.2, 0) is 7.05 Å². The van der Waals surface area contributed by atoms with Crippen LogP contribution in [0.4, 0.5) is 17.3 Å². The van der Waals surface area contributed by atoms with Gasteiger partial charge in [0.2, 0.25) is 0 Å². The third-order valence-electron chi connectivity index (χ3n) is 5.03. The van der Waals surface area contributed by atoms with E-state index in [2.05, 4.69) is 36.0 Å². The van der Waals surface area contributed by atoms with Crippen LogP contribution in [-0.4, -0.2) is 37.7 Å². The maximum atomic E-state index is 12.7. The molecule has 31 heavy (non-hydrogen) atoms. The molecule has 0 aliphatic heterocycles. The second kappa shape index (κ2) is 8.39. The minimum atomic E-state index is -0.205. The summed E-state index contributed by atoms with van der Waals surface area (Å²) in [6.45, 7) is 3.94. The fourth-order valence-corrected chi connectivity index (χ4v) is 3.34. The summed E-state index contributed by atoms with van der Waals surface area (Å²) in [6.07, 6.45) is 4.94. The van der Waals surface area contributed by atoms with Crippen molar-refractivity contribution in [1.82, 2.24) is 24.7 Å². The summed E-state index contributed by atoms with van der Waals surface area (Å²) in [7, 11) is 3.63. The number of amides is 1. The van der Waals surface area contributed by atoms with Crippen molar-refractivity contribution in [2.45, 2.75) is 19.9 Å². The molecule has 0 radical (unpaired) electrons. The van der Waals surface area contributed by atoms with Crippen molar-refractivity contribution in [2.24, 2.45) is 7.05 Å². The fourth-order valence-electron chi connectivity index (χ4n) is 3.34. The predicted octanol–water partition coefficient (Wildman–Crippen LogP) is 3.53. The summed E-state index contributed by atoms with van der Waals surface area (Å²) >= 11 is 0. The second-order valence-corrected chi connectivity index (χ2v) is 7.32. The largest absolute Gasteiger partial charge is 0.373 e. The molecule has 3 N–H and O–H groups in total. The number of pyridine rings is 1. The van der Waals surface area contributed by atoms with Gasteiger partial charge in [-0.25, -0.2) is 19.6 Å². The predicted molar refractivity (Wildman–Crippen MR) is 121 cm³/mol. The summed E-state index contributed by atoms with van der Waals surface area (Å²) in [5.74, 6) is 1.21. The highest BCUT2D eigenvalue weighted by Crippen LogP contribution is 2.22. The van der Waals surface area contributed by atoms with Crippen molar-refractivity contribution in [3.8, 4) is 0 Å². The van der Waals surface area contributed by atoms with E-state index >= 15 is 0 Å². The molecule has 0 aliphatic carbocycles. The Morgan fingerprint density at radius 3 is 2.74 bits per heavy atom. The number of rotatable bonds is 6. The third kappa shape index (κ3) is 4.30. The number of carbonyl (C=O) groups is 1. The van der Waals surface area contributed by atoms with Gasteiger partial charge >= 0.3 is 0 Å². The lowest BCUT2D eigenvalue weighted by atomic mass is 10.1. The van der Waals surface area contributed by atoms with E-state index in [1.165, 1.54) is 0 Å². The zero-order chi connectivity index (χ0) is 22.0. The lowest BCUT2D eigenvalue weighted by molar-refractivity contribution is 0.102. The molecule has 1 atom stereocenters. The van der Waals surface area contributed by atoms with E-state index < -0.39 is 0 Å². The number of hydrogen-bond donors (Lipinski definition) is 3. The lowest BCUT2D eigenvalue weighted by Gasteiger charge is -2.16. The van der Waals surface area contributed by atoms with Crippen molar-refractivity contribution >= 4 is 34.4 Å². The number of nitrogens with one attached hydrogen (secondary N) is 3. The average Bonchev–Trinajstić information content (AvgIpc) is 3.14. The molecule has 1 aromatic carbocycles. The fraction of sp³-hybridized carbons (Fsp3) is 0.227. The van der Waals surface area contributed by atoms with Gasteiger partial charge in [0.05, 0.1) is 24.0 Å². The van der Waals surface area contributed by atoms with Gasteiger partial charge in [0.25, 0.3) is 5.91 Å². The highest BCUT2D eigenvalue weighted by molar-refractivity contribution is 6.04. The van der Waals surface area contributed by atoms with Gasteiger partial charge in [-0.2, -0.15) is 5.10 Å². The standard InChI is InChI=1S/C22H24N8O/c1-13-8-16(10-25-20(13)23-3)22(31)28-17-7-5-6-15(9-17)14(2)27-19-12-24-18-11-26-30(4)21(18)29-19/h5-12,14H,1-4H3,(H,23,25)(H,27,29)(H,28,31)/t14-/m0/s1. The van der Waals surface area contributed by atoms with Gasteiger partial charge in [-0.15, -0.1) is 0 Å². The Hall–Kier alpha value is -4.01. The van der Waals surface area contributed by atoms with Gasteiger partial charge in [-0.1, -0.05) is 12.1 Å². The van der Waals surface area contributed by atoms with Crippen LogP contribution in [0.15, 0.2) is 48.9 Å². The Labute approximate surface area is 179 Å². The van der Waals surface area contributed by atoms with Crippen LogP contribution >= 0.6 is 0 Å². The molecule has 0 bridgehead atoms. The normalized spacial score (nSPS) is 11.9. The summed E-state index contributed by atoms with van der Waals surface area (Å²) in [5, 5.41) is 13.5. The van der Waals surface area contributed by atoms with E-state index in [9.17, 15) is 4.79 Å². The molecule has 3 aromatic heterocycles. The number of anilines is 3. The van der Waals surface area contributed by atoms with E-state index in [4.69, 9.17) is 0 Å². The second-order valence-electron chi connectivity index (χ2n) is 7.32. The highest BCUT2D eigenvalue weighted by Gasteiger charge is 2.12. The van der Waals surface area contributed by atoms with Crippen LogP contribution in [0.5, 0.6) is 0 Å². The van der Waals surface area contributed by atoms with E-state index in [0.717, 1.165) is 22.5 Å². The number of nitrogens with zero attached hydrogens (tertiary/aromatic N) is 5. The Kier molecular flexibility index (Phi) is 5.48. The van der Waals surface area contributed by atoms with Crippen molar-refractivity contribution in [3.63, 3.8) is 0 Å². The summed E-state index contributed by atoms with van der Waals surface area (Å²) in [5.41, 5.74) is 4.59. The maximum Gasteiger partial charge on any atom is 0.257 e. The number of fused-ring (bicyclic) bond motifs is 1. The molecular weight excluding hydrogens is 392 g/mol. The van der Waals surface area contributed by atoms with Gasteiger partial charge < -0.3 is 16.0 Å². The molecule has 0 unspecified atom stereocenters. The van der Waals surface area contributed by atoms with Crippen molar-refractivity contribution < 1.29 is 4.79 Å². The first-order chi connectivity index (χ1) is 14.9. The van der Waals surface area contributed by atoms with Gasteiger partial charge in [-0.3, -0.25) is 4.79 Å². The van der Waals surface area contributed by atoms with E-state index in [1.54, 1.807) is 30.3 Å². The van der Waals surface area contributed by atoms with Crippen LogP contribution in [0.3, 0.4) is 0 Å². The van der Waals surface area contributed by atoms with Crippen LogP contribution in [0.25, 0.3) is 11.2 Å². The first kappa shape index (κ1) is 20.3. The van der Waals surface area contributed by atoms with Crippen LogP contribution in [0.1, 0.15) is 34.5 Å².